The van der Waals surface area contributed by atoms with E-state index >= 15 is 0 Å². The van der Waals surface area contributed by atoms with Crippen LogP contribution in [-0.4, -0.2) is 42.9 Å². The summed E-state index contributed by atoms with van der Waals surface area (Å²) in [5.74, 6) is 1.78. The van der Waals surface area contributed by atoms with Crippen LogP contribution in [0.25, 0.3) is 0 Å². The molecule has 0 saturated carbocycles. The van der Waals surface area contributed by atoms with Crippen molar-refractivity contribution < 1.29 is 19.1 Å². The van der Waals surface area contributed by atoms with Gasteiger partial charge in [0.2, 0.25) is 5.91 Å². The average molecular weight is 395 g/mol. The molecule has 1 heterocycles. The monoisotopic (exact) mass is 395 g/mol. The molecule has 0 aliphatic carbocycles. The van der Waals surface area contributed by atoms with Gasteiger partial charge < -0.3 is 14.4 Å². The van der Waals surface area contributed by atoms with Gasteiger partial charge >= 0.3 is 0 Å². The standard InChI is InChI=1S/C24H29NO4/c1-2-28-21-11-6-7-12-22(21)29-18-8-13-23(26)25-16-14-20(15-17-25)24(27)19-9-4-3-5-10-19/h3-7,9-12,20H,2,8,13-18H2,1H3. The molecule has 0 bridgehead atoms. The number of benzene rings is 2. The second-order valence-corrected chi connectivity index (χ2v) is 7.22. The Balaban J connectivity index is 1.39. The maximum Gasteiger partial charge on any atom is 0.222 e. The molecular weight excluding hydrogens is 366 g/mol. The smallest absolute Gasteiger partial charge is 0.222 e. The van der Waals surface area contributed by atoms with E-state index in [1.807, 2.05) is 66.4 Å². The van der Waals surface area contributed by atoms with E-state index in [1.165, 1.54) is 0 Å². The number of ketones is 1. The number of para-hydroxylation sites is 2. The van der Waals surface area contributed by atoms with Gasteiger partial charge in [-0.15, -0.1) is 0 Å². The van der Waals surface area contributed by atoms with Gasteiger partial charge in [0.05, 0.1) is 13.2 Å². The third kappa shape index (κ3) is 5.83. The molecule has 0 aromatic heterocycles. The largest absolute Gasteiger partial charge is 0.490 e. The van der Waals surface area contributed by atoms with Crippen molar-refractivity contribution in [1.29, 1.82) is 0 Å². The van der Waals surface area contributed by atoms with Crippen LogP contribution in [-0.2, 0) is 4.79 Å². The van der Waals surface area contributed by atoms with Crippen LogP contribution in [0.5, 0.6) is 11.5 Å². The molecule has 1 aliphatic heterocycles. The first-order chi connectivity index (χ1) is 14.2. The van der Waals surface area contributed by atoms with Crippen LogP contribution in [0.1, 0.15) is 43.0 Å². The molecule has 0 unspecified atom stereocenters. The molecule has 154 valence electrons. The van der Waals surface area contributed by atoms with Crippen molar-refractivity contribution >= 4 is 11.7 Å². The van der Waals surface area contributed by atoms with Crippen molar-refractivity contribution in [3.05, 3.63) is 60.2 Å². The number of ether oxygens (including phenoxy) is 2. The number of likely N-dealkylation sites (tertiary alicyclic amines) is 1. The number of carbonyl (C=O) groups excluding carboxylic acids is 2. The Hall–Kier alpha value is -2.82. The summed E-state index contributed by atoms with van der Waals surface area (Å²) in [6.07, 6.45) is 2.58. The van der Waals surface area contributed by atoms with E-state index in [2.05, 4.69) is 0 Å². The molecule has 0 N–H and O–H groups in total. The van der Waals surface area contributed by atoms with Crippen LogP contribution in [0.2, 0.25) is 0 Å². The van der Waals surface area contributed by atoms with Crippen molar-refractivity contribution in [1.82, 2.24) is 4.90 Å². The first-order valence-electron chi connectivity index (χ1n) is 10.4. The number of piperidine rings is 1. The van der Waals surface area contributed by atoms with Crippen molar-refractivity contribution in [2.75, 3.05) is 26.3 Å². The highest BCUT2D eigenvalue weighted by Gasteiger charge is 2.27. The lowest BCUT2D eigenvalue weighted by atomic mass is 9.89. The predicted octanol–water partition coefficient (Wildman–Crippen LogP) is 4.37. The summed E-state index contributed by atoms with van der Waals surface area (Å²) in [4.78, 5) is 26.9. The molecule has 0 atom stereocenters. The van der Waals surface area contributed by atoms with Gasteiger partial charge in [0.15, 0.2) is 17.3 Å². The quantitative estimate of drug-likeness (QED) is 0.467. The third-order valence-electron chi connectivity index (χ3n) is 5.22. The molecule has 1 amide bonds. The fraction of sp³-hybridized carbons (Fsp3) is 0.417. The van der Waals surface area contributed by atoms with E-state index in [0.29, 0.717) is 44.9 Å². The lowest BCUT2D eigenvalue weighted by Gasteiger charge is -2.31. The summed E-state index contributed by atoms with van der Waals surface area (Å²) in [6, 6.07) is 17.0. The van der Waals surface area contributed by atoms with Crippen molar-refractivity contribution in [2.45, 2.75) is 32.6 Å². The minimum absolute atomic E-state index is 0.0138. The number of nitrogens with zero attached hydrogens (tertiary/aromatic N) is 1. The summed E-state index contributed by atoms with van der Waals surface area (Å²) in [5, 5.41) is 0. The van der Waals surface area contributed by atoms with Gasteiger partial charge in [-0.05, 0) is 38.3 Å². The van der Waals surface area contributed by atoms with Gasteiger partial charge in [0.1, 0.15) is 0 Å². The van der Waals surface area contributed by atoms with E-state index < -0.39 is 0 Å². The van der Waals surface area contributed by atoms with Gasteiger partial charge in [-0.25, -0.2) is 0 Å². The van der Waals surface area contributed by atoms with Gasteiger partial charge in [-0.3, -0.25) is 9.59 Å². The van der Waals surface area contributed by atoms with Crippen LogP contribution < -0.4 is 9.47 Å². The minimum Gasteiger partial charge on any atom is -0.490 e. The molecule has 0 radical (unpaired) electrons. The van der Waals surface area contributed by atoms with E-state index in [4.69, 9.17) is 9.47 Å². The Labute approximate surface area is 172 Å². The SMILES string of the molecule is CCOc1ccccc1OCCCC(=O)N1CCC(C(=O)c2ccccc2)CC1. The molecule has 1 aliphatic rings. The molecule has 1 saturated heterocycles. The normalized spacial score (nSPS) is 14.4. The van der Waals surface area contributed by atoms with Crippen molar-refractivity contribution in [3.8, 4) is 11.5 Å². The maximum atomic E-state index is 12.6. The Morgan fingerprint density at radius 2 is 1.55 bits per heavy atom. The van der Waals surface area contributed by atoms with Crippen molar-refractivity contribution in [3.63, 3.8) is 0 Å². The Bertz CT molecular complexity index is 798. The predicted molar refractivity (Wildman–Crippen MR) is 112 cm³/mol. The number of carbonyl (C=O) groups is 2. The van der Waals surface area contributed by atoms with E-state index in [-0.39, 0.29) is 17.6 Å². The Kier molecular flexibility index (Phi) is 7.68. The van der Waals surface area contributed by atoms with Crippen LogP contribution >= 0.6 is 0 Å². The number of hydrogen-bond donors (Lipinski definition) is 0. The molecule has 3 rings (SSSR count). The Morgan fingerprint density at radius 1 is 0.931 bits per heavy atom. The highest BCUT2D eigenvalue weighted by atomic mass is 16.5. The average Bonchev–Trinajstić information content (AvgIpc) is 2.78. The van der Waals surface area contributed by atoms with Gasteiger partial charge in [-0.1, -0.05) is 42.5 Å². The summed E-state index contributed by atoms with van der Waals surface area (Å²) in [6.45, 7) is 4.29. The first-order valence-corrected chi connectivity index (χ1v) is 10.4. The molecular formula is C24H29NO4. The van der Waals surface area contributed by atoms with Gasteiger partial charge in [0, 0.05) is 31.0 Å². The first kappa shape index (κ1) is 20.9. The number of amides is 1. The van der Waals surface area contributed by atoms with Crippen LogP contribution in [0.15, 0.2) is 54.6 Å². The Morgan fingerprint density at radius 3 is 2.21 bits per heavy atom. The third-order valence-corrected chi connectivity index (χ3v) is 5.22. The molecule has 2 aromatic rings. The molecule has 1 fully saturated rings. The summed E-state index contributed by atoms with van der Waals surface area (Å²) < 4.78 is 11.3. The fourth-order valence-electron chi connectivity index (χ4n) is 3.64. The zero-order valence-electron chi connectivity index (χ0n) is 17.0. The van der Waals surface area contributed by atoms with Gasteiger partial charge in [0.25, 0.3) is 0 Å². The van der Waals surface area contributed by atoms with Crippen LogP contribution in [0.4, 0.5) is 0 Å². The highest BCUT2D eigenvalue weighted by Crippen LogP contribution is 2.26. The van der Waals surface area contributed by atoms with E-state index in [1.54, 1.807) is 0 Å². The summed E-state index contributed by atoms with van der Waals surface area (Å²) in [7, 11) is 0. The molecule has 29 heavy (non-hydrogen) atoms. The second-order valence-electron chi connectivity index (χ2n) is 7.22. The maximum absolute atomic E-state index is 12.6. The number of rotatable bonds is 9. The highest BCUT2D eigenvalue weighted by molar-refractivity contribution is 5.98. The lowest BCUT2D eigenvalue weighted by molar-refractivity contribution is -0.132. The lowest BCUT2D eigenvalue weighted by Crippen LogP contribution is -2.40. The molecule has 2 aromatic carbocycles. The zero-order valence-corrected chi connectivity index (χ0v) is 17.0. The summed E-state index contributed by atoms with van der Waals surface area (Å²) >= 11 is 0. The summed E-state index contributed by atoms with van der Waals surface area (Å²) in [5.41, 5.74) is 0.766. The molecule has 5 heteroatoms. The molecule has 5 nitrogen and oxygen atoms in total. The minimum atomic E-state index is 0.0138. The number of Topliss-reactive ketones (excluding diaryl/α,β-unsaturated/α-hetero) is 1. The molecule has 0 spiro atoms. The van der Waals surface area contributed by atoms with Crippen LogP contribution in [0, 0.1) is 5.92 Å². The van der Waals surface area contributed by atoms with Crippen LogP contribution in [0.3, 0.4) is 0 Å². The topological polar surface area (TPSA) is 55.8 Å². The van der Waals surface area contributed by atoms with Crippen molar-refractivity contribution in [2.24, 2.45) is 5.92 Å². The zero-order chi connectivity index (χ0) is 20.5. The fourth-order valence-corrected chi connectivity index (χ4v) is 3.64. The van der Waals surface area contributed by atoms with E-state index in [0.717, 1.165) is 24.2 Å². The second kappa shape index (κ2) is 10.6. The van der Waals surface area contributed by atoms with E-state index in [9.17, 15) is 9.59 Å². The van der Waals surface area contributed by atoms with Gasteiger partial charge in [-0.2, -0.15) is 0 Å². The number of hydrogen-bond acceptors (Lipinski definition) is 4.